The minimum atomic E-state index is -0.172. The highest BCUT2D eigenvalue weighted by Gasteiger charge is 2.23. The van der Waals surface area contributed by atoms with E-state index < -0.39 is 0 Å². The Hall–Kier alpha value is -3.60. The fraction of sp³-hybridized carbons (Fsp3) is 0.364. The summed E-state index contributed by atoms with van der Waals surface area (Å²) in [7, 11) is 1.77. The van der Waals surface area contributed by atoms with Crippen LogP contribution in [0.25, 0.3) is 0 Å². The Morgan fingerprint density at radius 2 is 1.87 bits per heavy atom. The first-order chi connectivity index (χ1) is 14.6. The minimum absolute atomic E-state index is 0.0110. The summed E-state index contributed by atoms with van der Waals surface area (Å²) in [6, 6.07) is 15.3. The Kier molecular flexibility index (Phi) is 7.22. The second-order valence-electron chi connectivity index (χ2n) is 7.18. The first kappa shape index (κ1) is 21.1. The van der Waals surface area contributed by atoms with Crippen LogP contribution in [0.5, 0.6) is 0 Å². The van der Waals surface area contributed by atoms with E-state index in [0.717, 1.165) is 5.56 Å². The van der Waals surface area contributed by atoms with Crippen molar-refractivity contribution < 1.29 is 9.59 Å². The standard InChI is InChI=1S/C22H26N6O2/c1-26(17-18-6-3-2-4-7-18)20(29)9-11-25-22(30)28-14-12-27(13-15-28)21-19(16-23)8-5-10-24-21/h2-8,10H,9,11-15,17H2,1H3,(H,25,30). The zero-order valence-corrected chi connectivity index (χ0v) is 17.1. The molecule has 1 N–H and O–H groups in total. The molecule has 1 aromatic heterocycles. The van der Waals surface area contributed by atoms with Gasteiger partial charge in [0.1, 0.15) is 11.9 Å². The van der Waals surface area contributed by atoms with Crippen molar-refractivity contribution in [1.82, 2.24) is 20.1 Å². The quantitative estimate of drug-likeness (QED) is 0.790. The van der Waals surface area contributed by atoms with E-state index >= 15 is 0 Å². The average molecular weight is 406 g/mol. The topological polar surface area (TPSA) is 92.6 Å². The molecule has 156 valence electrons. The molecular weight excluding hydrogens is 380 g/mol. The van der Waals surface area contributed by atoms with E-state index in [4.69, 9.17) is 0 Å². The molecule has 30 heavy (non-hydrogen) atoms. The maximum absolute atomic E-state index is 12.4. The molecule has 1 aliphatic heterocycles. The van der Waals surface area contributed by atoms with E-state index in [1.165, 1.54) is 0 Å². The van der Waals surface area contributed by atoms with Crippen LogP contribution >= 0.6 is 0 Å². The van der Waals surface area contributed by atoms with Gasteiger partial charge in [0.15, 0.2) is 0 Å². The van der Waals surface area contributed by atoms with Gasteiger partial charge in [-0.05, 0) is 17.7 Å². The molecule has 3 amide bonds. The number of hydrogen-bond acceptors (Lipinski definition) is 5. The van der Waals surface area contributed by atoms with E-state index in [2.05, 4.69) is 16.4 Å². The number of piperazine rings is 1. The number of urea groups is 1. The number of hydrogen-bond donors (Lipinski definition) is 1. The number of carbonyl (C=O) groups excluding carboxylic acids is 2. The molecule has 0 radical (unpaired) electrons. The number of nitrogens with zero attached hydrogens (tertiary/aromatic N) is 5. The van der Waals surface area contributed by atoms with E-state index in [1.54, 1.807) is 35.2 Å². The molecule has 2 aromatic rings. The molecular formula is C22H26N6O2. The number of nitriles is 1. The summed E-state index contributed by atoms with van der Waals surface area (Å²) in [6.45, 7) is 3.14. The summed E-state index contributed by atoms with van der Waals surface area (Å²) >= 11 is 0. The van der Waals surface area contributed by atoms with Crippen LogP contribution in [-0.4, -0.2) is 66.5 Å². The molecule has 8 nitrogen and oxygen atoms in total. The van der Waals surface area contributed by atoms with E-state index in [0.29, 0.717) is 50.6 Å². The van der Waals surface area contributed by atoms with Gasteiger partial charge in [-0.25, -0.2) is 9.78 Å². The van der Waals surface area contributed by atoms with Gasteiger partial charge in [-0.3, -0.25) is 4.79 Å². The predicted octanol–water partition coefficient (Wildman–Crippen LogP) is 1.83. The highest BCUT2D eigenvalue weighted by molar-refractivity contribution is 5.78. The lowest BCUT2D eigenvalue weighted by molar-refractivity contribution is -0.130. The first-order valence-electron chi connectivity index (χ1n) is 9.99. The Morgan fingerprint density at radius 1 is 1.13 bits per heavy atom. The van der Waals surface area contributed by atoms with Gasteiger partial charge in [-0.15, -0.1) is 0 Å². The predicted molar refractivity (Wildman–Crippen MR) is 114 cm³/mol. The molecule has 1 saturated heterocycles. The number of pyridine rings is 1. The van der Waals surface area contributed by atoms with Crippen molar-refractivity contribution in [3.05, 3.63) is 59.8 Å². The maximum atomic E-state index is 12.4. The fourth-order valence-electron chi connectivity index (χ4n) is 3.38. The van der Waals surface area contributed by atoms with Gasteiger partial charge < -0.3 is 20.0 Å². The second-order valence-corrected chi connectivity index (χ2v) is 7.18. The van der Waals surface area contributed by atoms with Crippen LogP contribution in [-0.2, 0) is 11.3 Å². The number of amides is 3. The normalized spacial score (nSPS) is 13.5. The Morgan fingerprint density at radius 3 is 2.57 bits per heavy atom. The van der Waals surface area contributed by atoms with Crippen LogP contribution in [0.1, 0.15) is 17.5 Å². The molecule has 0 bridgehead atoms. The monoisotopic (exact) mass is 406 g/mol. The van der Waals surface area contributed by atoms with E-state index in [-0.39, 0.29) is 18.4 Å². The maximum Gasteiger partial charge on any atom is 0.317 e. The van der Waals surface area contributed by atoms with Crippen LogP contribution < -0.4 is 10.2 Å². The zero-order chi connectivity index (χ0) is 21.3. The van der Waals surface area contributed by atoms with Gasteiger partial charge in [0.2, 0.25) is 5.91 Å². The number of anilines is 1. The van der Waals surface area contributed by atoms with Crippen LogP contribution in [0.3, 0.4) is 0 Å². The van der Waals surface area contributed by atoms with Crippen LogP contribution in [0.2, 0.25) is 0 Å². The molecule has 0 atom stereocenters. The van der Waals surface area contributed by atoms with Gasteiger partial charge in [0, 0.05) is 58.9 Å². The molecule has 1 aromatic carbocycles. The number of benzene rings is 1. The molecule has 0 saturated carbocycles. The highest BCUT2D eigenvalue weighted by Crippen LogP contribution is 2.18. The molecule has 0 unspecified atom stereocenters. The van der Waals surface area contributed by atoms with Crippen molar-refractivity contribution in [3.63, 3.8) is 0 Å². The lowest BCUT2D eigenvalue weighted by Crippen LogP contribution is -2.52. The number of carbonyl (C=O) groups is 2. The number of aromatic nitrogens is 1. The number of rotatable bonds is 6. The summed E-state index contributed by atoms with van der Waals surface area (Å²) in [6.07, 6.45) is 1.93. The SMILES string of the molecule is CN(Cc1ccccc1)C(=O)CCNC(=O)N1CCN(c2ncccc2C#N)CC1. The molecule has 1 fully saturated rings. The zero-order valence-electron chi connectivity index (χ0n) is 17.1. The van der Waals surface area contributed by atoms with Crippen molar-refractivity contribution in [1.29, 1.82) is 5.26 Å². The van der Waals surface area contributed by atoms with Crippen molar-refractivity contribution in [3.8, 4) is 6.07 Å². The smallest absolute Gasteiger partial charge is 0.317 e. The van der Waals surface area contributed by atoms with Gasteiger partial charge in [0.25, 0.3) is 0 Å². The minimum Gasteiger partial charge on any atom is -0.352 e. The lowest BCUT2D eigenvalue weighted by Gasteiger charge is -2.35. The second kappa shape index (κ2) is 10.3. The third-order valence-electron chi connectivity index (χ3n) is 5.08. The third-order valence-corrected chi connectivity index (χ3v) is 5.08. The first-order valence-corrected chi connectivity index (χ1v) is 9.99. The Bertz CT molecular complexity index is 903. The molecule has 0 aliphatic carbocycles. The summed E-state index contributed by atoms with van der Waals surface area (Å²) in [4.78, 5) is 34.4. The summed E-state index contributed by atoms with van der Waals surface area (Å²) in [5, 5.41) is 12.1. The molecule has 3 rings (SSSR count). The largest absolute Gasteiger partial charge is 0.352 e. The summed E-state index contributed by atoms with van der Waals surface area (Å²) in [5.74, 6) is 0.648. The fourth-order valence-corrected chi connectivity index (χ4v) is 3.38. The molecule has 2 heterocycles. The molecule has 1 aliphatic rings. The molecule has 8 heteroatoms. The van der Waals surface area contributed by atoms with Crippen molar-refractivity contribution >= 4 is 17.8 Å². The van der Waals surface area contributed by atoms with E-state index in [1.807, 2.05) is 35.2 Å². The van der Waals surface area contributed by atoms with Crippen molar-refractivity contribution in [2.75, 3.05) is 44.7 Å². The summed E-state index contributed by atoms with van der Waals surface area (Å²) in [5.41, 5.74) is 1.61. The Balaban J connectivity index is 1.40. The van der Waals surface area contributed by atoms with Crippen LogP contribution in [0.15, 0.2) is 48.7 Å². The third kappa shape index (κ3) is 5.47. The average Bonchev–Trinajstić information content (AvgIpc) is 2.79. The molecule has 0 spiro atoms. The lowest BCUT2D eigenvalue weighted by atomic mass is 10.2. The van der Waals surface area contributed by atoms with Gasteiger partial charge >= 0.3 is 6.03 Å². The van der Waals surface area contributed by atoms with Crippen LogP contribution in [0.4, 0.5) is 10.6 Å². The van der Waals surface area contributed by atoms with Crippen molar-refractivity contribution in [2.45, 2.75) is 13.0 Å². The highest BCUT2D eigenvalue weighted by atomic mass is 16.2. The van der Waals surface area contributed by atoms with Gasteiger partial charge in [0.05, 0.1) is 5.56 Å². The van der Waals surface area contributed by atoms with Crippen molar-refractivity contribution in [2.24, 2.45) is 0 Å². The summed E-state index contributed by atoms with van der Waals surface area (Å²) < 4.78 is 0. The van der Waals surface area contributed by atoms with Crippen LogP contribution in [0, 0.1) is 11.3 Å². The van der Waals surface area contributed by atoms with E-state index in [9.17, 15) is 14.9 Å². The van der Waals surface area contributed by atoms with Gasteiger partial charge in [-0.1, -0.05) is 30.3 Å². The Labute approximate surface area is 176 Å². The number of nitrogens with one attached hydrogen (secondary N) is 1. The van der Waals surface area contributed by atoms with Gasteiger partial charge in [-0.2, -0.15) is 5.26 Å².